The van der Waals surface area contributed by atoms with Crippen molar-refractivity contribution >= 4 is 27.9 Å². The monoisotopic (exact) mass is 309 g/mol. The number of furan rings is 1. The summed E-state index contributed by atoms with van der Waals surface area (Å²) in [5.41, 5.74) is 2.53. The summed E-state index contributed by atoms with van der Waals surface area (Å²) in [4.78, 5) is 17.5. The van der Waals surface area contributed by atoms with Crippen molar-refractivity contribution in [3.63, 3.8) is 0 Å². The predicted molar refractivity (Wildman–Crippen MR) is 85.2 cm³/mol. The van der Waals surface area contributed by atoms with Crippen LogP contribution in [0.3, 0.4) is 0 Å². The fourth-order valence-electron chi connectivity index (χ4n) is 2.22. The molecule has 4 aromatic rings. The zero-order valence-electron chi connectivity index (χ0n) is 11.4. The standard InChI is InChI=1S/C16H11N3O2S/c20-15(14-5-2-7-21-14)17-12-4-1-3-11(9-12)13-10-19-6-8-22-16(19)18-13/h1-10H,(H,17,20). The minimum absolute atomic E-state index is 0.270. The summed E-state index contributed by atoms with van der Waals surface area (Å²) in [6.45, 7) is 0. The van der Waals surface area contributed by atoms with Crippen molar-refractivity contribution in [3.8, 4) is 11.3 Å². The predicted octanol–water partition coefficient (Wildman–Crippen LogP) is 3.91. The smallest absolute Gasteiger partial charge is 0.291 e. The number of carbonyl (C=O) groups is 1. The molecule has 0 saturated carbocycles. The molecule has 0 radical (unpaired) electrons. The summed E-state index contributed by atoms with van der Waals surface area (Å²) in [5, 5.41) is 4.81. The lowest BCUT2D eigenvalue weighted by Crippen LogP contribution is -2.10. The van der Waals surface area contributed by atoms with Crippen LogP contribution in [0.5, 0.6) is 0 Å². The molecule has 4 rings (SSSR count). The van der Waals surface area contributed by atoms with E-state index in [-0.39, 0.29) is 11.7 Å². The second-order valence-electron chi connectivity index (χ2n) is 4.73. The van der Waals surface area contributed by atoms with Gasteiger partial charge in [0, 0.05) is 29.0 Å². The topological polar surface area (TPSA) is 59.5 Å². The number of amides is 1. The molecule has 5 nitrogen and oxygen atoms in total. The number of carbonyl (C=O) groups excluding carboxylic acids is 1. The molecule has 1 amide bonds. The maximum atomic E-state index is 12.0. The number of rotatable bonds is 3. The lowest BCUT2D eigenvalue weighted by atomic mass is 10.1. The molecule has 0 aliphatic rings. The van der Waals surface area contributed by atoms with Gasteiger partial charge in [-0.15, -0.1) is 11.3 Å². The minimum atomic E-state index is -0.270. The molecule has 3 heterocycles. The quantitative estimate of drug-likeness (QED) is 0.624. The van der Waals surface area contributed by atoms with E-state index in [9.17, 15) is 4.79 Å². The molecule has 1 aromatic carbocycles. The largest absolute Gasteiger partial charge is 0.459 e. The number of benzene rings is 1. The average molecular weight is 309 g/mol. The first-order valence-electron chi connectivity index (χ1n) is 6.67. The van der Waals surface area contributed by atoms with Gasteiger partial charge < -0.3 is 9.73 Å². The van der Waals surface area contributed by atoms with Crippen molar-refractivity contribution in [2.75, 3.05) is 5.32 Å². The Morgan fingerprint density at radius 3 is 3.05 bits per heavy atom. The maximum absolute atomic E-state index is 12.0. The number of nitrogens with zero attached hydrogens (tertiary/aromatic N) is 2. The maximum Gasteiger partial charge on any atom is 0.291 e. The van der Waals surface area contributed by atoms with Gasteiger partial charge in [0.05, 0.1) is 12.0 Å². The van der Waals surface area contributed by atoms with E-state index in [4.69, 9.17) is 4.42 Å². The highest BCUT2D eigenvalue weighted by Crippen LogP contribution is 2.24. The van der Waals surface area contributed by atoms with E-state index >= 15 is 0 Å². The van der Waals surface area contributed by atoms with Gasteiger partial charge in [0.2, 0.25) is 0 Å². The van der Waals surface area contributed by atoms with Crippen molar-refractivity contribution in [2.24, 2.45) is 0 Å². The molecule has 1 N–H and O–H groups in total. The minimum Gasteiger partial charge on any atom is -0.459 e. The Kier molecular flexibility index (Phi) is 3.01. The van der Waals surface area contributed by atoms with Gasteiger partial charge >= 0.3 is 0 Å². The van der Waals surface area contributed by atoms with Crippen LogP contribution in [0.4, 0.5) is 5.69 Å². The molecular weight excluding hydrogens is 298 g/mol. The van der Waals surface area contributed by atoms with E-state index in [1.165, 1.54) is 6.26 Å². The molecule has 0 atom stereocenters. The van der Waals surface area contributed by atoms with Crippen LogP contribution >= 0.6 is 11.3 Å². The van der Waals surface area contributed by atoms with Gasteiger partial charge in [-0.3, -0.25) is 9.20 Å². The van der Waals surface area contributed by atoms with Crippen LogP contribution in [0, 0.1) is 0 Å². The molecule has 0 aliphatic heterocycles. The fraction of sp³-hybridized carbons (Fsp3) is 0. The van der Waals surface area contributed by atoms with E-state index in [1.807, 2.05) is 46.4 Å². The lowest BCUT2D eigenvalue weighted by molar-refractivity contribution is 0.0996. The van der Waals surface area contributed by atoms with Crippen LogP contribution in [0.15, 0.2) is 64.9 Å². The van der Waals surface area contributed by atoms with Crippen molar-refractivity contribution in [1.29, 1.82) is 0 Å². The third-order valence-electron chi connectivity index (χ3n) is 3.25. The summed E-state index contributed by atoms with van der Waals surface area (Å²) in [6, 6.07) is 10.9. The van der Waals surface area contributed by atoms with Crippen molar-refractivity contribution in [3.05, 3.63) is 66.2 Å². The number of anilines is 1. The fourth-order valence-corrected chi connectivity index (χ4v) is 2.92. The molecule has 0 spiro atoms. The van der Waals surface area contributed by atoms with Gasteiger partial charge in [-0.1, -0.05) is 12.1 Å². The number of aromatic nitrogens is 2. The number of nitrogens with one attached hydrogen (secondary N) is 1. The Morgan fingerprint density at radius 2 is 2.23 bits per heavy atom. The molecule has 0 saturated heterocycles. The molecule has 3 aromatic heterocycles. The van der Waals surface area contributed by atoms with Crippen LogP contribution in [0.25, 0.3) is 16.2 Å². The second-order valence-corrected chi connectivity index (χ2v) is 5.60. The van der Waals surface area contributed by atoms with Crippen LogP contribution in [0.2, 0.25) is 0 Å². The Hall–Kier alpha value is -2.86. The normalized spacial score (nSPS) is 10.9. The van der Waals surface area contributed by atoms with Crippen LogP contribution in [-0.2, 0) is 0 Å². The van der Waals surface area contributed by atoms with Gasteiger partial charge in [0.15, 0.2) is 10.7 Å². The number of imidazole rings is 1. The summed E-state index contributed by atoms with van der Waals surface area (Å²) < 4.78 is 7.07. The lowest BCUT2D eigenvalue weighted by Gasteiger charge is -2.04. The highest BCUT2D eigenvalue weighted by atomic mass is 32.1. The van der Waals surface area contributed by atoms with E-state index in [2.05, 4.69) is 10.3 Å². The Morgan fingerprint density at radius 1 is 1.27 bits per heavy atom. The summed E-state index contributed by atoms with van der Waals surface area (Å²) in [7, 11) is 0. The molecular formula is C16H11N3O2S. The van der Waals surface area contributed by atoms with Crippen LogP contribution in [-0.4, -0.2) is 15.3 Å². The Labute approximate surface area is 129 Å². The molecule has 0 aliphatic carbocycles. The Balaban J connectivity index is 1.63. The third kappa shape index (κ3) is 2.29. The summed E-state index contributed by atoms with van der Waals surface area (Å²) in [5.74, 6) is 0.0147. The molecule has 22 heavy (non-hydrogen) atoms. The summed E-state index contributed by atoms with van der Waals surface area (Å²) >= 11 is 1.59. The molecule has 6 heteroatoms. The van der Waals surface area contributed by atoms with E-state index < -0.39 is 0 Å². The highest BCUT2D eigenvalue weighted by Gasteiger charge is 2.10. The van der Waals surface area contributed by atoms with Crippen molar-refractivity contribution < 1.29 is 9.21 Å². The number of fused-ring (bicyclic) bond motifs is 1. The third-order valence-corrected chi connectivity index (χ3v) is 4.03. The van der Waals surface area contributed by atoms with Crippen LogP contribution < -0.4 is 5.32 Å². The van der Waals surface area contributed by atoms with Crippen LogP contribution in [0.1, 0.15) is 10.6 Å². The highest BCUT2D eigenvalue weighted by molar-refractivity contribution is 7.15. The zero-order chi connectivity index (χ0) is 14.9. The molecule has 0 fully saturated rings. The molecule has 0 unspecified atom stereocenters. The summed E-state index contributed by atoms with van der Waals surface area (Å²) in [6.07, 6.45) is 5.42. The van der Waals surface area contributed by atoms with Gasteiger partial charge in [0.1, 0.15) is 0 Å². The first-order valence-corrected chi connectivity index (χ1v) is 7.55. The van der Waals surface area contributed by atoms with Crippen molar-refractivity contribution in [1.82, 2.24) is 9.38 Å². The van der Waals surface area contributed by atoms with Gasteiger partial charge in [-0.2, -0.15) is 0 Å². The van der Waals surface area contributed by atoms with E-state index in [0.717, 1.165) is 16.2 Å². The number of thiazole rings is 1. The first-order chi connectivity index (χ1) is 10.8. The second kappa shape index (κ2) is 5.16. The van der Waals surface area contributed by atoms with Gasteiger partial charge in [0.25, 0.3) is 5.91 Å². The van der Waals surface area contributed by atoms with Gasteiger partial charge in [-0.25, -0.2) is 4.98 Å². The van der Waals surface area contributed by atoms with Crippen molar-refractivity contribution in [2.45, 2.75) is 0 Å². The number of hydrogen-bond acceptors (Lipinski definition) is 4. The van der Waals surface area contributed by atoms with Gasteiger partial charge in [-0.05, 0) is 24.3 Å². The molecule has 0 bridgehead atoms. The van der Waals surface area contributed by atoms with E-state index in [0.29, 0.717) is 5.69 Å². The average Bonchev–Trinajstić information content (AvgIpc) is 3.24. The van der Waals surface area contributed by atoms with E-state index in [1.54, 1.807) is 23.5 Å². The molecule has 108 valence electrons. The first kappa shape index (κ1) is 12.8. The SMILES string of the molecule is O=C(Nc1cccc(-c2cn3ccsc3n2)c1)c1ccco1. The number of hydrogen-bond donors (Lipinski definition) is 1. The Bertz CT molecular complexity index is 909. The zero-order valence-corrected chi connectivity index (χ0v) is 12.2.